The molecule has 0 fully saturated rings. The van der Waals surface area contributed by atoms with E-state index in [1.54, 1.807) is 0 Å². The summed E-state index contributed by atoms with van der Waals surface area (Å²) in [5.74, 6) is -1.21. The number of aromatic nitrogens is 2. The van der Waals surface area contributed by atoms with Gasteiger partial charge in [-0.25, -0.2) is 9.18 Å². The first-order valence-electron chi connectivity index (χ1n) is 6.30. The van der Waals surface area contributed by atoms with Gasteiger partial charge in [-0.2, -0.15) is 0 Å². The Morgan fingerprint density at radius 2 is 2.00 bits per heavy atom. The molecule has 1 amide bonds. The number of aryl methyl sites for hydroxylation is 1. The van der Waals surface area contributed by atoms with E-state index >= 15 is 0 Å². The highest BCUT2D eigenvalue weighted by atomic mass is 35.5. The second kappa shape index (κ2) is 6.15. The van der Waals surface area contributed by atoms with E-state index in [4.69, 9.17) is 11.6 Å². The predicted molar refractivity (Wildman–Crippen MR) is 80.7 cm³/mol. The van der Waals surface area contributed by atoms with Gasteiger partial charge in [-0.1, -0.05) is 17.7 Å². The monoisotopic (exact) mass is 325 g/mol. The van der Waals surface area contributed by atoms with Gasteiger partial charge in [0.05, 0.1) is 6.42 Å². The average Bonchev–Trinajstić information content (AvgIpc) is 2.46. The molecule has 1 aromatic heterocycles. The zero-order chi connectivity index (χ0) is 16.4. The van der Waals surface area contributed by atoms with Gasteiger partial charge in [-0.15, -0.1) is 0 Å². The first-order valence-corrected chi connectivity index (χ1v) is 6.68. The minimum absolute atomic E-state index is 0.0447. The van der Waals surface area contributed by atoms with Gasteiger partial charge < -0.3 is 9.88 Å². The second-order valence-electron chi connectivity index (χ2n) is 4.73. The van der Waals surface area contributed by atoms with Crippen LogP contribution in [0.3, 0.4) is 0 Å². The highest BCUT2D eigenvalue weighted by molar-refractivity contribution is 6.31. The number of anilines is 1. The number of hydrogen-bond acceptors (Lipinski definition) is 3. The minimum Gasteiger partial charge on any atom is -0.320 e. The molecular weight excluding hydrogens is 313 g/mol. The Kier molecular flexibility index (Phi) is 4.46. The lowest BCUT2D eigenvalue weighted by Crippen LogP contribution is -2.38. The molecule has 2 aromatic rings. The fourth-order valence-electron chi connectivity index (χ4n) is 1.95. The number of carbonyl (C=O) groups excluding carboxylic acids is 1. The van der Waals surface area contributed by atoms with E-state index in [0.29, 0.717) is 0 Å². The number of rotatable bonds is 3. The molecule has 0 unspecified atom stereocenters. The Bertz CT molecular complexity index is 837. The summed E-state index contributed by atoms with van der Waals surface area (Å²) in [6, 6.07) is 4.10. The van der Waals surface area contributed by atoms with Crippen molar-refractivity contribution in [3.63, 3.8) is 0 Å². The van der Waals surface area contributed by atoms with Crippen molar-refractivity contribution in [2.45, 2.75) is 6.42 Å². The number of nitrogens with zero attached hydrogens (tertiary/aromatic N) is 2. The van der Waals surface area contributed by atoms with Crippen LogP contribution in [0.4, 0.5) is 10.1 Å². The molecule has 0 atom stereocenters. The smallest absolute Gasteiger partial charge is 0.320 e. The second-order valence-corrected chi connectivity index (χ2v) is 5.13. The summed E-state index contributed by atoms with van der Waals surface area (Å²) < 4.78 is 15.7. The van der Waals surface area contributed by atoms with E-state index in [-0.39, 0.29) is 22.7 Å². The first kappa shape index (κ1) is 16.0. The van der Waals surface area contributed by atoms with Gasteiger partial charge in [-0.3, -0.25) is 14.2 Å². The van der Waals surface area contributed by atoms with Crippen LogP contribution in [0.5, 0.6) is 0 Å². The van der Waals surface area contributed by atoms with Crippen LogP contribution in [-0.4, -0.2) is 15.0 Å². The largest absolute Gasteiger partial charge is 0.330 e. The van der Waals surface area contributed by atoms with E-state index in [1.165, 1.54) is 38.5 Å². The summed E-state index contributed by atoms with van der Waals surface area (Å²) in [6.07, 6.45) is 0.892. The number of carbonyl (C=O) groups is 1. The van der Waals surface area contributed by atoms with E-state index in [1.807, 2.05) is 0 Å². The lowest BCUT2D eigenvalue weighted by atomic mass is 10.1. The topological polar surface area (TPSA) is 73.1 Å². The summed E-state index contributed by atoms with van der Waals surface area (Å²) in [4.78, 5) is 35.4. The molecule has 1 aromatic carbocycles. The number of amides is 1. The molecule has 0 spiro atoms. The third-order valence-electron chi connectivity index (χ3n) is 3.12. The molecule has 0 saturated carbocycles. The van der Waals surface area contributed by atoms with Gasteiger partial charge >= 0.3 is 5.69 Å². The highest BCUT2D eigenvalue weighted by Crippen LogP contribution is 2.19. The van der Waals surface area contributed by atoms with Crippen LogP contribution < -0.4 is 16.6 Å². The minimum atomic E-state index is -0.643. The van der Waals surface area contributed by atoms with Gasteiger partial charge in [0.1, 0.15) is 11.5 Å². The van der Waals surface area contributed by atoms with Crippen molar-refractivity contribution in [1.29, 1.82) is 0 Å². The predicted octanol–water partition coefficient (Wildman–Crippen LogP) is 1.06. The Morgan fingerprint density at radius 1 is 1.32 bits per heavy atom. The van der Waals surface area contributed by atoms with Gasteiger partial charge in [0.25, 0.3) is 5.56 Å². The van der Waals surface area contributed by atoms with Crippen LogP contribution in [0.1, 0.15) is 5.56 Å². The van der Waals surface area contributed by atoms with Gasteiger partial charge in [0.2, 0.25) is 5.91 Å². The summed E-state index contributed by atoms with van der Waals surface area (Å²) in [6.45, 7) is 0. The summed E-state index contributed by atoms with van der Waals surface area (Å²) in [5, 5.41) is 2.49. The molecular formula is C14H13ClFN3O3. The van der Waals surface area contributed by atoms with Gasteiger partial charge in [-0.05, 0) is 12.1 Å². The summed E-state index contributed by atoms with van der Waals surface area (Å²) in [5.41, 5.74) is -1.18. The molecule has 1 N–H and O–H groups in total. The van der Waals surface area contributed by atoms with Crippen molar-refractivity contribution in [3.05, 3.63) is 61.6 Å². The van der Waals surface area contributed by atoms with Crippen molar-refractivity contribution in [3.8, 4) is 0 Å². The molecule has 0 bridgehead atoms. The molecule has 0 radical (unpaired) electrons. The number of nitrogens with one attached hydrogen (secondary N) is 1. The normalized spacial score (nSPS) is 10.5. The van der Waals surface area contributed by atoms with E-state index in [2.05, 4.69) is 5.32 Å². The molecule has 0 aliphatic rings. The van der Waals surface area contributed by atoms with Crippen molar-refractivity contribution in [2.75, 3.05) is 5.32 Å². The van der Waals surface area contributed by atoms with Crippen LogP contribution in [0.25, 0.3) is 0 Å². The fraction of sp³-hybridized carbons (Fsp3) is 0.214. The molecule has 116 valence electrons. The van der Waals surface area contributed by atoms with Gasteiger partial charge in [0, 0.05) is 30.9 Å². The zero-order valence-electron chi connectivity index (χ0n) is 11.9. The Hall–Kier alpha value is -2.41. The standard InChI is InChI=1S/C14H13ClFN3O3/c1-18-7-11(13(21)19(2)14(18)22)17-12(20)6-8-9(15)4-3-5-10(8)16/h3-5,7H,6H2,1-2H3,(H,17,20). The van der Waals surface area contributed by atoms with Crippen molar-refractivity contribution in [1.82, 2.24) is 9.13 Å². The van der Waals surface area contributed by atoms with E-state index < -0.39 is 23.0 Å². The lowest BCUT2D eigenvalue weighted by molar-refractivity contribution is -0.115. The summed E-state index contributed by atoms with van der Waals surface area (Å²) >= 11 is 5.85. The lowest BCUT2D eigenvalue weighted by Gasteiger charge is -2.09. The molecule has 0 aliphatic carbocycles. The number of halogens is 2. The highest BCUT2D eigenvalue weighted by Gasteiger charge is 2.14. The van der Waals surface area contributed by atoms with Gasteiger partial charge in [0.15, 0.2) is 0 Å². The third-order valence-corrected chi connectivity index (χ3v) is 3.47. The summed E-state index contributed by atoms with van der Waals surface area (Å²) in [7, 11) is 2.75. The SMILES string of the molecule is Cn1cc(NC(=O)Cc2c(F)cccc2Cl)c(=O)n(C)c1=O. The third kappa shape index (κ3) is 3.09. The van der Waals surface area contributed by atoms with Crippen LogP contribution in [0, 0.1) is 5.82 Å². The quantitative estimate of drug-likeness (QED) is 0.917. The van der Waals surface area contributed by atoms with Crippen molar-refractivity contribution < 1.29 is 9.18 Å². The number of hydrogen-bond donors (Lipinski definition) is 1. The van der Waals surface area contributed by atoms with Crippen LogP contribution in [0.15, 0.2) is 34.0 Å². The molecule has 8 heteroatoms. The first-order chi connectivity index (χ1) is 10.3. The van der Waals surface area contributed by atoms with Crippen LogP contribution in [-0.2, 0) is 25.3 Å². The zero-order valence-corrected chi connectivity index (χ0v) is 12.6. The molecule has 6 nitrogen and oxygen atoms in total. The van der Waals surface area contributed by atoms with Crippen molar-refractivity contribution >= 4 is 23.2 Å². The Balaban J connectivity index is 2.27. The van der Waals surface area contributed by atoms with E-state index in [9.17, 15) is 18.8 Å². The van der Waals surface area contributed by atoms with E-state index in [0.717, 1.165) is 9.13 Å². The fourth-order valence-corrected chi connectivity index (χ4v) is 2.18. The molecule has 22 heavy (non-hydrogen) atoms. The molecule has 1 heterocycles. The molecule has 0 aliphatic heterocycles. The molecule has 0 saturated heterocycles. The average molecular weight is 326 g/mol. The Morgan fingerprint density at radius 3 is 2.64 bits per heavy atom. The number of benzene rings is 1. The Labute approximate surface area is 129 Å². The maximum atomic E-state index is 13.6. The van der Waals surface area contributed by atoms with Crippen molar-refractivity contribution in [2.24, 2.45) is 14.1 Å². The molecule has 2 rings (SSSR count). The van der Waals surface area contributed by atoms with Crippen LogP contribution >= 0.6 is 11.6 Å². The maximum absolute atomic E-state index is 13.6. The van der Waals surface area contributed by atoms with Crippen LogP contribution in [0.2, 0.25) is 5.02 Å². The maximum Gasteiger partial charge on any atom is 0.330 e.